The van der Waals surface area contributed by atoms with E-state index in [0.29, 0.717) is 30.8 Å². The first-order chi connectivity index (χ1) is 14.6. The molecular formula is C24H24N2O3S. The summed E-state index contributed by atoms with van der Waals surface area (Å²) >= 11 is 0. The first-order valence-electron chi connectivity index (χ1n) is 10.1. The van der Waals surface area contributed by atoms with Crippen molar-refractivity contribution in [1.29, 1.82) is 0 Å². The van der Waals surface area contributed by atoms with E-state index in [2.05, 4.69) is 5.32 Å². The summed E-state index contributed by atoms with van der Waals surface area (Å²) in [4.78, 5) is 13.2. The molecule has 0 spiro atoms. The summed E-state index contributed by atoms with van der Waals surface area (Å²) in [5, 5.41) is 3.06. The van der Waals surface area contributed by atoms with Crippen LogP contribution in [-0.2, 0) is 14.8 Å². The summed E-state index contributed by atoms with van der Waals surface area (Å²) in [6.45, 7) is 0.686. The van der Waals surface area contributed by atoms with Gasteiger partial charge >= 0.3 is 0 Å². The monoisotopic (exact) mass is 420 g/mol. The van der Waals surface area contributed by atoms with Gasteiger partial charge in [-0.25, -0.2) is 8.42 Å². The average molecular weight is 421 g/mol. The van der Waals surface area contributed by atoms with Gasteiger partial charge in [-0.2, -0.15) is 4.31 Å². The molecule has 1 saturated heterocycles. The van der Waals surface area contributed by atoms with Crippen molar-refractivity contribution < 1.29 is 13.2 Å². The highest BCUT2D eigenvalue weighted by molar-refractivity contribution is 7.89. The molecule has 3 aromatic carbocycles. The molecule has 1 fully saturated rings. The van der Waals surface area contributed by atoms with Gasteiger partial charge in [0.25, 0.3) is 0 Å². The average Bonchev–Trinajstić information content (AvgIpc) is 2.80. The Bertz CT molecular complexity index is 1110. The van der Waals surface area contributed by atoms with Crippen molar-refractivity contribution >= 4 is 21.6 Å². The Morgan fingerprint density at radius 1 is 0.800 bits per heavy atom. The largest absolute Gasteiger partial charge is 0.325 e. The molecule has 5 nitrogen and oxygen atoms in total. The van der Waals surface area contributed by atoms with E-state index in [-0.39, 0.29) is 11.8 Å². The van der Waals surface area contributed by atoms with Crippen LogP contribution in [-0.4, -0.2) is 31.7 Å². The number of sulfonamides is 1. The van der Waals surface area contributed by atoms with Crippen LogP contribution >= 0.6 is 0 Å². The minimum absolute atomic E-state index is 0.0601. The normalized spacial score (nSPS) is 15.6. The van der Waals surface area contributed by atoms with Gasteiger partial charge in [0.05, 0.1) is 4.90 Å². The van der Waals surface area contributed by atoms with Crippen LogP contribution in [0, 0.1) is 5.92 Å². The second-order valence-electron chi connectivity index (χ2n) is 7.39. The number of hydrogen-bond donors (Lipinski definition) is 1. The topological polar surface area (TPSA) is 66.5 Å². The molecule has 1 N–H and O–H groups in total. The Balaban J connectivity index is 1.43. The second-order valence-corrected chi connectivity index (χ2v) is 9.33. The first-order valence-corrected chi connectivity index (χ1v) is 11.5. The van der Waals surface area contributed by atoms with Gasteiger partial charge in [-0.05, 0) is 36.6 Å². The number of anilines is 1. The molecular weight excluding hydrogens is 396 g/mol. The molecule has 0 aromatic heterocycles. The fraction of sp³-hybridized carbons (Fsp3) is 0.208. The van der Waals surface area contributed by atoms with Crippen molar-refractivity contribution in [2.45, 2.75) is 17.7 Å². The summed E-state index contributed by atoms with van der Waals surface area (Å²) in [5.74, 6) is -0.272. The van der Waals surface area contributed by atoms with E-state index in [4.69, 9.17) is 0 Å². The molecule has 0 unspecified atom stereocenters. The highest BCUT2D eigenvalue weighted by Crippen LogP contribution is 2.29. The molecule has 1 aliphatic rings. The zero-order chi connectivity index (χ0) is 21.0. The van der Waals surface area contributed by atoms with Crippen LogP contribution in [0.4, 0.5) is 5.69 Å². The molecule has 0 bridgehead atoms. The maximum atomic E-state index is 12.9. The fourth-order valence-electron chi connectivity index (χ4n) is 3.80. The Morgan fingerprint density at radius 3 is 2.03 bits per heavy atom. The van der Waals surface area contributed by atoms with Gasteiger partial charge in [0.1, 0.15) is 0 Å². The van der Waals surface area contributed by atoms with Gasteiger partial charge in [-0.15, -0.1) is 0 Å². The third kappa shape index (κ3) is 4.30. The van der Waals surface area contributed by atoms with E-state index in [9.17, 15) is 13.2 Å². The SMILES string of the molecule is O=C(Nc1ccccc1-c1ccccc1)C1CCN(S(=O)(=O)c2ccccc2)CC1. The molecule has 0 saturated carbocycles. The van der Waals surface area contributed by atoms with E-state index in [0.717, 1.165) is 16.8 Å². The highest BCUT2D eigenvalue weighted by Gasteiger charge is 2.32. The molecule has 0 radical (unpaired) electrons. The lowest BCUT2D eigenvalue weighted by Crippen LogP contribution is -2.41. The number of rotatable bonds is 5. The Labute approximate surface area is 177 Å². The molecule has 0 atom stereocenters. The number of carbonyl (C=O) groups excluding carboxylic acids is 1. The van der Waals surface area contributed by atoms with Crippen LogP contribution in [0.3, 0.4) is 0 Å². The Hall–Kier alpha value is -2.96. The van der Waals surface area contributed by atoms with Crippen molar-refractivity contribution in [3.8, 4) is 11.1 Å². The molecule has 1 aliphatic heterocycles. The van der Waals surface area contributed by atoms with E-state index in [1.54, 1.807) is 30.3 Å². The van der Waals surface area contributed by atoms with Crippen molar-refractivity contribution in [2.75, 3.05) is 18.4 Å². The number of benzene rings is 3. The molecule has 6 heteroatoms. The van der Waals surface area contributed by atoms with Crippen molar-refractivity contribution in [3.05, 3.63) is 84.9 Å². The number of nitrogens with zero attached hydrogens (tertiary/aromatic N) is 1. The first kappa shape index (κ1) is 20.3. The van der Waals surface area contributed by atoms with Crippen LogP contribution in [0.25, 0.3) is 11.1 Å². The predicted molar refractivity (Wildman–Crippen MR) is 118 cm³/mol. The number of amides is 1. The van der Waals surface area contributed by atoms with Crippen molar-refractivity contribution in [1.82, 2.24) is 4.31 Å². The fourth-order valence-corrected chi connectivity index (χ4v) is 5.29. The van der Waals surface area contributed by atoms with Crippen LogP contribution in [0.1, 0.15) is 12.8 Å². The molecule has 4 rings (SSSR count). The number of para-hydroxylation sites is 1. The van der Waals surface area contributed by atoms with Gasteiger partial charge in [-0.1, -0.05) is 66.7 Å². The highest BCUT2D eigenvalue weighted by atomic mass is 32.2. The van der Waals surface area contributed by atoms with Gasteiger partial charge < -0.3 is 5.32 Å². The van der Waals surface area contributed by atoms with E-state index in [1.165, 1.54) is 4.31 Å². The Kier molecular flexibility index (Phi) is 5.97. The van der Waals surface area contributed by atoms with Crippen molar-refractivity contribution in [3.63, 3.8) is 0 Å². The second kappa shape index (κ2) is 8.81. The maximum Gasteiger partial charge on any atom is 0.243 e. The van der Waals surface area contributed by atoms with Gasteiger partial charge in [0.15, 0.2) is 0 Å². The molecule has 3 aromatic rings. The van der Waals surface area contributed by atoms with Crippen LogP contribution in [0.2, 0.25) is 0 Å². The minimum Gasteiger partial charge on any atom is -0.325 e. The zero-order valence-electron chi connectivity index (χ0n) is 16.6. The van der Waals surface area contributed by atoms with Crippen LogP contribution < -0.4 is 5.32 Å². The smallest absolute Gasteiger partial charge is 0.243 e. The van der Waals surface area contributed by atoms with Crippen LogP contribution in [0.15, 0.2) is 89.8 Å². The van der Waals surface area contributed by atoms with Gasteiger partial charge in [0.2, 0.25) is 15.9 Å². The predicted octanol–water partition coefficient (Wildman–Crippen LogP) is 4.39. The summed E-state index contributed by atoms with van der Waals surface area (Å²) in [7, 11) is -3.51. The van der Waals surface area contributed by atoms with E-state index >= 15 is 0 Å². The summed E-state index contributed by atoms with van der Waals surface area (Å²) in [5.41, 5.74) is 2.78. The number of hydrogen-bond acceptors (Lipinski definition) is 3. The van der Waals surface area contributed by atoms with Crippen LogP contribution in [0.5, 0.6) is 0 Å². The molecule has 30 heavy (non-hydrogen) atoms. The molecule has 154 valence electrons. The lowest BCUT2D eigenvalue weighted by molar-refractivity contribution is -0.120. The third-order valence-electron chi connectivity index (χ3n) is 5.48. The van der Waals surface area contributed by atoms with E-state index < -0.39 is 10.0 Å². The number of carbonyl (C=O) groups is 1. The summed E-state index contributed by atoms with van der Waals surface area (Å²) in [6, 6.07) is 26.1. The Morgan fingerprint density at radius 2 is 1.37 bits per heavy atom. The van der Waals surface area contributed by atoms with Gasteiger partial charge in [-0.3, -0.25) is 4.79 Å². The summed E-state index contributed by atoms with van der Waals surface area (Å²) < 4.78 is 27.0. The molecule has 1 amide bonds. The summed E-state index contributed by atoms with van der Waals surface area (Å²) in [6.07, 6.45) is 1.01. The maximum absolute atomic E-state index is 12.9. The third-order valence-corrected chi connectivity index (χ3v) is 7.39. The van der Waals surface area contributed by atoms with E-state index in [1.807, 2.05) is 54.6 Å². The lowest BCUT2D eigenvalue weighted by atomic mass is 9.96. The quantitative estimate of drug-likeness (QED) is 0.666. The molecule has 0 aliphatic carbocycles. The van der Waals surface area contributed by atoms with Gasteiger partial charge in [0, 0.05) is 30.3 Å². The lowest BCUT2D eigenvalue weighted by Gasteiger charge is -2.30. The number of piperidine rings is 1. The standard InChI is InChI=1S/C24H24N2O3S/c27-24(25-23-14-8-7-13-22(23)19-9-3-1-4-10-19)20-15-17-26(18-16-20)30(28,29)21-11-5-2-6-12-21/h1-14,20H,15-18H2,(H,25,27). The zero-order valence-corrected chi connectivity index (χ0v) is 17.4. The minimum atomic E-state index is -3.51. The number of nitrogens with one attached hydrogen (secondary N) is 1. The molecule has 1 heterocycles. The van der Waals surface area contributed by atoms with Crippen molar-refractivity contribution in [2.24, 2.45) is 5.92 Å².